The van der Waals surface area contributed by atoms with Crippen LogP contribution in [-0.2, 0) is 16.1 Å². The van der Waals surface area contributed by atoms with Gasteiger partial charge in [-0.15, -0.1) is 0 Å². The Hall–Kier alpha value is -1.11. The second-order valence-electron chi connectivity index (χ2n) is 5.61. The number of carbonyl (C=O) groups excluding carboxylic acids is 2. The summed E-state index contributed by atoms with van der Waals surface area (Å²) in [4.78, 5) is 26.8. The first-order chi connectivity index (χ1) is 9.92. The normalized spacial score (nSPS) is 25.9. The van der Waals surface area contributed by atoms with Crippen molar-refractivity contribution in [2.75, 3.05) is 0 Å². The molecule has 1 aliphatic rings. The predicted molar refractivity (Wildman–Crippen MR) is 90.6 cm³/mol. The molecule has 21 heavy (non-hydrogen) atoms. The highest BCUT2D eigenvalue weighted by Crippen LogP contribution is 2.28. The van der Waals surface area contributed by atoms with E-state index >= 15 is 0 Å². The van der Waals surface area contributed by atoms with Crippen molar-refractivity contribution in [3.63, 3.8) is 0 Å². The lowest BCUT2D eigenvalue weighted by Gasteiger charge is -2.46. The molecule has 5 heteroatoms. The molecule has 1 aromatic carbocycles. The van der Waals surface area contributed by atoms with Crippen LogP contribution in [0.15, 0.2) is 24.3 Å². The van der Waals surface area contributed by atoms with Crippen LogP contribution in [0.25, 0.3) is 0 Å². The van der Waals surface area contributed by atoms with Crippen LogP contribution in [0, 0.1) is 3.57 Å². The van der Waals surface area contributed by atoms with Crippen molar-refractivity contribution in [1.29, 1.82) is 0 Å². The summed E-state index contributed by atoms with van der Waals surface area (Å²) in [5, 5.41) is 2.85. The molecule has 2 rings (SSSR count). The van der Waals surface area contributed by atoms with Gasteiger partial charge < -0.3 is 10.2 Å². The van der Waals surface area contributed by atoms with Gasteiger partial charge in [-0.1, -0.05) is 26.0 Å². The van der Waals surface area contributed by atoms with Crippen molar-refractivity contribution < 1.29 is 9.59 Å². The Bertz CT molecular complexity index is 544. The number of nitrogens with one attached hydrogen (secondary N) is 1. The summed E-state index contributed by atoms with van der Waals surface area (Å²) < 4.78 is 1.16. The second kappa shape index (κ2) is 6.34. The summed E-state index contributed by atoms with van der Waals surface area (Å²) in [6.45, 7) is 6.18. The average Bonchev–Trinajstić information content (AvgIpc) is 2.49. The number of nitrogens with zero attached hydrogens (tertiary/aromatic N) is 1. The third-order valence-corrected chi connectivity index (χ3v) is 5.02. The zero-order valence-electron chi connectivity index (χ0n) is 12.6. The predicted octanol–water partition coefficient (Wildman–Crippen LogP) is 2.70. The fourth-order valence-corrected chi connectivity index (χ4v) is 2.94. The summed E-state index contributed by atoms with van der Waals surface area (Å²) in [5.74, 6) is -0.0399. The van der Waals surface area contributed by atoms with Crippen molar-refractivity contribution in [3.05, 3.63) is 33.4 Å². The molecule has 1 heterocycles. The van der Waals surface area contributed by atoms with Gasteiger partial charge in [0.15, 0.2) is 0 Å². The molecule has 0 aromatic heterocycles. The van der Waals surface area contributed by atoms with Gasteiger partial charge in [0.25, 0.3) is 0 Å². The van der Waals surface area contributed by atoms with E-state index in [-0.39, 0.29) is 11.8 Å². The largest absolute Gasteiger partial charge is 0.342 e. The minimum atomic E-state index is -0.772. The second-order valence-corrected chi connectivity index (χ2v) is 6.86. The molecule has 0 spiro atoms. The van der Waals surface area contributed by atoms with Gasteiger partial charge in [0.2, 0.25) is 11.8 Å². The van der Waals surface area contributed by atoms with Crippen LogP contribution in [0.3, 0.4) is 0 Å². The minimum absolute atomic E-state index is 0.0139. The number of carbonyl (C=O) groups is 2. The molecule has 0 radical (unpaired) electrons. The molecular formula is C16H21IN2O2. The number of benzene rings is 1. The van der Waals surface area contributed by atoms with Crippen LogP contribution in [0.5, 0.6) is 0 Å². The van der Waals surface area contributed by atoms with E-state index in [1.54, 1.807) is 4.90 Å². The monoisotopic (exact) mass is 400 g/mol. The molecule has 1 fully saturated rings. The number of rotatable bonds is 4. The molecule has 1 saturated heterocycles. The Kier molecular flexibility index (Phi) is 4.91. The lowest BCUT2D eigenvalue weighted by atomic mass is 9.89. The maximum Gasteiger partial charge on any atom is 0.246 e. The molecule has 2 atom stereocenters. The first-order valence-corrected chi connectivity index (χ1v) is 8.37. The van der Waals surface area contributed by atoms with Crippen molar-refractivity contribution >= 4 is 34.4 Å². The first-order valence-electron chi connectivity index (χ1n) is 7.29. The van der Waals surface area contributed by atoms with Crippen LogP contribution in [0.2, 0.25) is 0 Å². The van der Waals surface area contributed by atoms with Gasteiger partial charge in [-0.05, 0) is 60.1 Å². The molecule has 0 saturated carbocycles. The van der Waals surface area contributed by atoms with E-state index in [1.165, 1.54) is 0 Å². The van der Waals surface area contributed by atoms with Crippen LogP contribution < -0.4 is 5.32 Å². The van der Waals surface area contributed by atoms with Gasteiger partial charge in [-0.3, -0.25) is 9.59 Å². The van der Waals surface area contributed by atoms with Crippen molar-refractivity contribution in [2.24, 2.45) is 0 Å². The van der Waals surface area contributed by atoms with Gasteiger partial charge in [0.05, 0.1) is 0 Å². The zero-order chi connectivity index (χ0) is 15.6. The lowest BCUT2D eigenvalue weighted by Crippen LogP contribution is -2.68. The van der Waals surface area contributed by atoms with E-state index in [9.17, 15) is 9.59 Å². The Morgan fingerprint density at radius 2 is 1.86 bits per heavy atom. The fourth-order valence-electron chi connectivity index (χ4n) is 2.58. The van der Waals surface area contributed by atoms with Crippen LogP contribution in [-0.4, -0.2) is 28.3 Å². The van der Waals surface area contributed by atoms with Gasteiger partial charge in [-0.2, -0.15) is 0 Å². The minimum Gasteiger partial charge on any atom is -0.342 e. The maximum absolute atomic E-state index is 12.7. The van der Waals surface area contributed by atoms with Crippen LogP contribution >= 0.6 is 22.6 Å². The first kappa shape index (κ1) is 16.3. The summed E-state index contributed by atoms with van der Waals surface area (Å²) in [6, 6.07) is 7.66. The van der Waals surface area contributed by atoms with E-state index < -0.39 is 11.6 Å². The van der Waals surface area contributed by atoms with Crippen molar-refractivity contribution in [1.82, 2.24) is 10.2 Å². The Morgan fingerprint density at radius 1 is 1.24 bits per heavy atom. The Labute approximate surface area is 139 Å². The van der Waals surface area contributed by atoms with Crippen molar-refractivity contribution in [3.8, 4) is 0 Å². The zero-order valence-corrected chi connectivity index (χ0v) is 14.8. The fraction of sp³-hybridized carbons (Fsp3) is 0.500. The highest BCUT2D eigenvalue weighted by molar-refractivity contribution is 14.1. The molecule has 0 bridgehead atoms. The Balaban J connectivity index is 2.32. The summed E-state index contributed by atoms with van der Waals surface area (Å²) in [7, 11) is 0. The molecule has 4 nitrogen and oxygen atoms in total. The van der Waals surface area contributed by atoms with Gasteiger partial charge in [-0.25, -0.2) is 0 Å². The van der Waals surface area contributed by atoms with Crippen LogP contribution in [0.4, 0.5) is 0 Å². The molecule has 2 unspecified atom stereocenters. The topological polar surface area (TPSA) is 49.4 Å². The maximum atomic E-state index is 12.7. The van der Waals surface area contributed by atoms with E-state index in [4.69, 9.17) is 0 Å². The molecular weight excluding hydrogens is 379 g/mol. The van der Waals surface area contributed by atoms with Gasteiger partial charge in [0.1, 0.15) is 11.6 Å². The third-order valence-electron chi connectivity index (χ3n) is 4.30. The van der Waals surface area contributed by atoms with E-state index in [0.29, 0.717) is 19.4 Å². The summed E-state index contributed by atoms with van der Waals surface area (Å²) >= 11 is 2.25. The molecule has 0 aliphatic carbocycles. The highest BCUT2D eigenvalue weighted by Gasteiger charge is 2.47. The summed E-state index contributed by atoms with van der Waals surface area (Å²) in [6.07, 6.45) is 1.22. The standard InChI is InChI=1S/C16H21IN2O2/c1-4-13-14(20)19(16(3,5-2)15(21)18-13)10-11-6-8-12(17)9-7-11/h6-9,13H,4-5,10H2,1-3H3,(H,18,21). The summed E-state index contributed by atoms with van der Waals surface area (Å²) in [5.41, 5.74) is 0.277. The SMILES string of the molecule is CCC1NC(=O)C(C)(CC)N(Cc2ccc(I)cc2)C1=O. The lowest BCUT2D eigenvalue weighted by molar-refractivity contribution is -0.157. The number of piperazine rings is 1. The van der Waals surface area contributed by atoms with E-state index in [1.807, 2.05) is 45.0 Å². The van der Waals surface area contributed by atoms with Crippen LogP contribution in [0.1, 0.15) is 39.2 Å². The number of halogens is 1. The average molecular weight is 400 g/mol. The van der Waals surface area contributed by atoms with Gasteiger partial charge in [0, 0.05) is 10.1 Å². The van der Waals surface area contributed by atoms with E-state index in [0.717, 1.165) is 9.13 Å². The number of hydrogen-bond donors (Lipinski definition) is 1. The van der Waals surface area contributed by atoms with Crippen molar-refractivity contribution in [2.45, 2.75) is 51.7 Å². The molecule has 114 valence electrons. The number of amides is 2. The molecule has 1 aromatic rings. The quantitative estimate of drug-likeness (QED) is 0.791. The number of hydrogen-bond acceptors (Lipinski definition) is 2. The highest BCUT2D eigenvalue weighted by atomic mass is 127. The molecule has 1 N–H and O–H groups in total. The Morgan fingerprint density at radius 3 is 2.38 bits per heavy atom. The van der Waals surface area contributed by atoms with E-state index in [2.05, 4.69) is 27.9 Å². The smallest absolute Gasteiger partial charge is 0.246 e. The molecule has 2 amide bonds. The van der Waals surface area contributed by atoms with Gasteiger partial charge >= 0.3 is 0 Å². The molecule has 1 aliphatic heterocycles. The third kappa shape index (κ3) is 3.07.